The molecular formula is C9H7IOS2. The first-order valence-corrected chi connectivity index (χ1v) is 6.06. The van der Waals surface area contributed by atoms with Crippen LogP contribution < -0.4 is 4.74 Å². The maximum absolute atomic E-state index is 5.25. The minimum absolute atomic E-state index is 0.918. The number of methoxy groups -OCH3 is 1. The highest BCUT2D eigenvalue weighted by Crippen LogP contribution is 2.37. The maximum atomic E-state index is 5.25. The first-order valence-electron chi connectivity index (χ1n) is 3.66. The Morgan fingerprint density at radius 1 is 1.46 bits per heavy atom. The van der Waals surface area contributed by atoms with Crippen LogP contribution in [0.5, 0.6) is 5.75 Å². The molecule has 1 nitrogen and oxygen atoms in total. The van der Waals surface area contributed by atoms with Crippen LogP contribution in [0.4, 0.5) is 0 Å². The summed E-state index contributed by atoms with van der Waals surface area (Å²) in [5, 5.41) is 3.14. The van der Waals surface area contributed by atoms with Gasteiger partial charge in [0.15, 0.2) is 0 Å². The van der Waals surface area contributed by atoms with Gasteiger partial charge in [0.1, 0.15) is 5.75 Å². The number of fused-ring (bicyclic) bond motifs is 1. The molecule has 2 aromatic rings. The molecule has 0 aliphatic carbocycles. The van der Waals surface area contributed by atoms with Crippen molar-refractivity contribution in [1.29, 1.82) is 0 Å². The molecule has 1 aromatic carbocycles. The molecule has 0 radical (unpaired) electrons. The molecule has 0 unspecified atom stereocenters. The first kappa shape index (κ1) is 9.61. The Balaban J connectivity index is 2.82. The normalized spacial score (nSPS) is 10.7. The lowest BCUT2D eigenvalue weighted by Crippen LogP contribution is -1.81. The third-order valence-corrected chi connectivity index (χ3v) is 3.69. The summed E-state index contributed by atoms with van der Waals surface area (Å²) in [4.78, 5) is 0.986. The summed E-state index contributed by atoms with van der Waals surface area (Å²) in [5.41, 5.74) is 0. The highest BCUT2D eigenvalue weighted by atomic mass is 127. The number of hydrogen-bond acceptors (Lipinski definition) is 3. The van der Waals surface area contributed by atoms with Gasteiger partial charge in [-0.05, 0) is 34.7 Å². The zero-order valence-electron chi connectivity index (χ0n) is 6.87. The molecule has 68 valence electrons. The van der Waals surface area contributed by atoms with Gasteiger partial charge < -0.3 is 4.74 Å². The molecule has 0 amide bonds. The summed E-state index contributed by atoms with van der Waals surface area (Å²) in [6.45, 7) is 0. The van der Waals surface area contributed by atoms with E-state index in [-0.39, 0.29) is 0 Å². The molecule has 0 N–H and O–H groups in total. The Labute approximate surface area is 99.6 Å². The summed E-state index contributed by atoms with van der Waals surface area (Å²) in [5.74, 6) is 0.918. The quantitative estimate of drug-likeness (QED) is 0.621. The van der Waals surface area contributed by atoms with E-state index in [4.69, 9.17) is 4.74 Å². The molecule has 0 spiro atoms. The van der Waals surface area contributed by atoms with Crippen LogP contribution in [0.2, 0.25) is 0 Å². The monoisotopic (exact) mass is 322 g/mol. The van der Waals surface area contributed by atoms with E-state index < -0.39 is 0 Å². The molecule has 0 saturated heterocycles. The highest BCUT2D eigenvalue weighted by molar-refractivity contribution is 14.1. The molecule has 13 heavy (non-hydrogen) atoms. The van der Waals surface area contributed by atoms with Crippen LogP contribution in [0.3, 0.4) is 0 Å². The van der Waals surface area contributed by atoms with Crippen molar-refractivity contribution in [2.24, 2.45) is 0 Å². The molecule has 4 heteroatoms. The third kappa shape index (κ3) is 1.67. The summed E-state index contributed by atoms with van der Waals surface area (Å²) in [6, 6.07) is 4.18. The predicted octanol–water partition coefficient (Wildman–Crippen LogP) is 3.80. The van der Waals surface area contributed by atoms with Crippen molar-refractivity contribution in [2.75, 3.05) is 7.11 Å². The van der Waals surface area contributed by atoms with E-state index in [1.54, 1.807) is 18.4 Å². The van der Waals surface area contributed by atoms with Gasteiger partial charge >= 0.3 is 0 Å². The Hall–Kier alpha value is 0.0600. The summed E-state index contributed by atoms with van der Waals surface area (Å²) < 4.78 is 7.69. The number of benzene rings is 1. The van der Waals surface area contributed by atoms with Gasteiger partial charge in [-0.25, -0.2) is 0 Å². The van der Waals surface area contributed by atoms with Crippen LogP contribution in [0.25, 0.3) is 10.1 Å². The van der Waals surface area contributed by atoms with Gasteiger partial charge in [-0.1, -0.05) is 0 Å². The molecule has 0 saturated carbocycles. The van der Waals surface area contributed by atoms with Crippen molar-refractivity contribution in [1.82, 2.24) is 0 Å². The Morgan fingerprint density at radius 2 is 2.23 bits per heavy atom. The average Bonchev–Trinajstić information content (AvgIpc) is 2.47. The van der Waals surface area contributed by atoms with Crippen LogP contribution in [-0.4, -0.2) is 7.11 Å². The van der Waals surface area contributed by atoms with Gasteiger partial charge in [-0.3, -0.25) is 0 Å². The van der Waals surface area contributed by atoms with E-state index in [0.717, 1.165) is 16.0 Å². The van der Waals surface area contributed by atoms with Crippen molar-refractivity contribution in [3.63, 3.8) is 0 Å². The molecule has 2 rings (SSSR count). The molecule has 0 aliphatic heterocycles. The van der Waals surface area contributed by atoms with Gasteiger partial charge in [0.05, 0.1) is 7.11 Å². The van der Waals surface area contributed by atoms with Crippen LogP contribution >= 0.6 is 46.6 Å². The second-order valence-corrected chi connectivity index (χ2v) is 5.24. The van der Waals surface area contributed by atoms with Crippen molar-refractivity contribution in [3.05, 3.63) is 21.1 Å². The molecule has 0 bridgehead atoms. The van der Waals surface area contributed by atoms with Crippen LogP contribution in [0, 0.1) is 3.57 Å². The highest BCUT2D eigenvalue weighted by Gasteiger charge is 2.08. The fraction of sp³-hybridized carbons (Fsp3) is 0.111. The van der Waals surface area contributed by atoms with Gasteiger partial charge in [-0.15, -0.1) is 24.0 Å². The molecule has 1 heterocycles. The second kappa shape index (κ2) is 3.67. The lowest BCUT2D eigenvalue weighted by Gasteiger charge is -2.00. The van der Waals surface area contributed by atoms with Crippen molar-refractivity contribution >= 4 is 56.6 Å². The van der Waals surface area contributed by atoms with Crippen LogP contribution in [0.15, 0.2) is 22.4 Å². The summed E-state index contributed by atoms with van der Waals surface area (Å²) in [7, 11) is 1.69. The zero-order valence-corrected chi connectivity index (χ0v) is 10.7. The van der Waals surface area contributed by atoms with E-state index in [1.807, 2.05) is 11.4 Å². The number of thiophene rings is 1. The Morgan fingerprint density at radius 3 is 2.92 bits per heavy atom. The molecular weight excluding hydrogens is 315 g/mol. The first-order chi connectivity index (χ1) is 6.22. The number of hydrogen-bond donors (Lipinski definition) is 1. The standard InChI is InChI=1S/C9H7IOS2/c1-11-6-4-13-8-3-5(10)2-7(12)9(6)8/h2-4,12H,1H3. The molecule has 1 aromatic heterocycles. The number of halogens is 1. The largest absolute Gasteiger partial charge is 0.495 e. The van der Waals surface area contributed by atoms with Gasteiger partial charge in [0.25, 0.3) is 0 Å². The van der Waals surface area contributed by atoms with Crippen LogP contribution in [-0.2, 0) is 0 Å². The minimum atomic E-state index is 0.918. The molecule has 0 atom stereocenters. The maximum Gasteiger partial charge on any atom is 0.138 e. The van der Waals surface area contributed by atoms with Gasteiger partial charge in [-0.2, -0.15) is 0 Å². The SMILES string of the molecule is COc1csc2cc(I)cc(S)c12. The van der Waals surface area contributed by atoms with Crippen molar-refractivity contribution < 1.29 is 4.74 Å². The van der Waals surface area contributed by atoms with E-state index in [1.165, 1.54) is 8.27 Å². The molecule has 0 fully saturated rings. The fourth-order valence-corrected chi connectivity index (χ4v) is 3.73. The predicted molar refractivity (Wildman–Crippen MR) is 68.3 cm³/mol. The fourth-order valence-electron chi connectivity index (χ4n) is 1.23. The smallest absolute Gasteiger partial charge is 0.138 e. The zero-order chi connectivity index (χ0) is 9.42. The number of rotatable bonds is 1. The number of ether oxygens (including phenoxy) is 1. The van der Waals surface area contributed by atoms with Gasteiger partial charge in [0, 0.05) is 23.9 Å². The molecule has 0 aliphatic rings. The average molecular weight is 322 g/mol. The minimum Gasteiger partial charge on any atom is -0.495 e. The number of thiol groups is 1. The lowest BCUT2D eigenvalue weighted by molar-refractivity contribution is 0.421. The van der Waals surface area contributed by atoms with E-state index in [2.05, 4.69) is 41.3 Å². The van der Waals surface area contributed by atoms with E-state index in [9.17, 15) is 0 Å². The van der Waals surface area contributed by atoms with Crippen molar-refractivity contribution in [3.8, 4) is 5.75 Å². The van der Waals surface area contributed by atoms with E-state index >= 15 is 0 Å². The summed E-state index contributed by atoms with van der Waals surface area (Å²) in [6.07, 6.45) is 0. The second-order valence-electron chi connectivity index (χ2n) is 2.60. The topological polar surface area (TPSA) is 9.23 Å². The van der Waals surface area contributed by atoms with Gasteiger partial charge in [0.2, 0.25) is 0 Å². The Kier molecular flexibility index (Phi) is 2.71. The third-order valence-electron chi connectivity index (χ3n) is 1.81. The van der Waals surface area contributed by atoms with Crippen LogP contribution in [0.1, 0.15) is 0 Å². The lowest BCUT2D eigenvalue weighted by atomic mass is 10.2. The Bertz CT molecular complexity index is 450. The van der Waals surface area contributed by atoms with Crippen molar-refractivity contribution in [2.45, 2.75) is 4.90 Å². The van der Waals surface area contributed by atoms with E-state index in [0.29, 0.717) is 0 Å². The summed E-state index contributed by atoms with van der Waals surface area (Å²) >= 11 is 8.41.